The van der Waals surface area contributed by atoms with Crippen LogP contribution in [-0.2, 0) is 0 Å². The van der Waals surface area contributed by atoms with Crippen LogP contribution in [0.1, 0.15) is 18.9 Å². The average molecular weight is 276 g/mol. The first-order chi connectivity index (χ1) is 9.83. The van der Waals surface area contributed by atoms with E-state index >= 15 is 0 Å². The first-order valence-electron chi connectivity index (χ1n) is 7.12. The van der Waals surface area contributed by atoms with E-state index in [1.54, 1.807) is 0 Å². The van der Waals surface area contributed by atoms with Crippen LogP contribution in [0, 0.1) is 5.92 Å². The van der Waals surface area contributed by atoms with Gasteiger partial charge in [0, 0.05) is 20.2 Å². The van der Waals surface area contributed by atoms with E-state index in [1.165, 1.54) is 31.3 Å². The third-order valence-electron chi connectivity index (χ3n) is 4.03. The molecular formula is C19H16S. The lowest BCUT2D eigenvalue weighted by Gasteiger charge is -2.12. The minimum Gasteiger partial charge on any atom is -0.135 e. The lowest BCUT2D eigenvalue weighted by Crippen LogP contribution is -1.94. The molecular weight excluding hydrogens is 260 g/mol. The van der Waals surface area contributed by atoms with Gasteiger partial charge < -0.3 is 0 Å². The fourth-order valence-corrected chi connectivity index (χ4v) is 4.14. The molecule has 1 heteroatoms. The summed E-state index contributed by atoms with van der Waals surface area (Å²) in [6, 6.07) is 15.4. The van der Waals surface area contributed by atoms with Gasteiger partial charge in [-0.25, -0.2) is 0 Å². The van der Waals surface area contributed by atoms with Crippen LogP contribution in [0.3, 0.4) is 0 Å². The Labute approximate surface area is 123 Å². The molecule has 1 heterocycles. The Morgan fingerprint density at radius 3 is 2.70 bits per heavy atom. The fraction of sp³-hybridized carbons (Fsp3) is 0.158. The van der Waals surface area contributed by atoms with Crippen molar-refractivity contribution >= 4 is 37.1 Å². The van der Waals surface area contributed by atoms with Crippen LogP contribution in [0.4, 0.5) is 0 Å². The third kappa shape index (κ3) is 1.82. The van der Waals surface area contributed by atoms with Gasteiger partial charge in [-0.3, -0.25) is 0 Å². The molecule has 1 atom stereocenters. The third-order valence-corrected chi connectivity index (χ3v) is 5.25. The van der Waals surface area contributed by atoms with Crippen molar-refractivity contribution in [3.05, 3.63) is 66.3 Å². The molecule has 0 radical (unpaired) electrons. The molecule has 2 aromatic carbocycles. The maximum absolute atomic E-state index is 2.38. The minimum atomic E-state index is 0.667. The quantitative estimate of drug-likeness (QED) is 0.508. The van der Waals surface area contributed by atoms with Gasteiger partial charge in [-0.05, 0) is 29.5 Å². The number of hydrogen-bond donors (Lipinski definition) is 0. The first-order valence-corrected chi connectivity index (χ1v) is 7.93. The second-order valence-electron chi connectivity index (χ2n) is 5.51. The zero-order chi connectivity index (χ0) is 13.5. The van der Waals surface area contributed by atoms with Gasteiger partial charge in [0.2, 0.25) is 0 Å². The van der Waals surface area contributed by atoms with Crippen molar-refractivity contribution in [2.45, 2.75) is 13.3 Å². The molecule has 98 valence electrons. The summed E-state index contributed by atoms with van der Waals surface area (Å²) in [5.74, 6) is 0.667. The van der Waals surface area contributed by atoms with E-state index in [4.69, 9.17) is 0 Å². The van der Waals surface area contributed by atoms with Crippen molar-refractivity contribution < 1.29 is 0 Å². The molecule has 0 bridgehead atoms. The van der Waals surface area contributed by atoms with Crippen molar-refractivity contribution in [2.75, 3.05) is 0 Å². The van der Waals surface area contributed by atoms with Crippen LogP contribution in [0.5, 0.6) is 0 Å². The van der Waals surface area contributed by atoms with E-state index in [9.17, 15) is 0 Å². The molecule has 0 saturated carbocycles. The predicted octanol–water partition coefficient (Wildman–Crippen LogP) is 6.03. The highest BCUT2D eigenvalue weighted by molar-refractivity contribution is 7.26. The summed E-state index contributed by atoms with van der Waals surface area (Å²) in [7, 11) is 0. The number of fused-ring (bicyclic) bond motifs is 3. The summed E-state index contributed by atoms with van der Waals surface area (Å²) in [6.07, 6.45) is 8.13. The molecule has 0 nitrogen and oxygen atoms in total. The van der Waals surface area contributed by atoms with Gasteiger partial charge in [0.15, 0.2) is 0 Å². The second-order valence-corrected chi connectivity index (χ2v) is 6.56. The van der Waals surface area contributed by atoms with Crippen LogP contribution in [0.15, 0.2) is 60.7 Å². The standard InChI is InChI=1S/C19H16S/c1-13-9-11-14(12-10-13)15-6-4-7-17-16-5-2-3-8-18(16)20-19(15)17/h2-9,11-13H,10H2,1H3/t13-/m0/s1. The molecule has 1 aliphatic carbocycles. The van der Waals surface area contributed by atoms with Crippen LogP contribution in [0.25, 0.3) is 25.7 Å². The molecule has 1 aromatic heterocycles. The Morgan fingerprint density at radius 2 is 1.85 bits per heavy atom. The zero-order valence-corrected chi connectivity index (χ0v) is 12.3. The summed E-state index contributed by atoms with van der Waals surface area (Å²) in [4.78, 5) is 0. The van der Waals surface area contributed by atoms with E-state index in [0.29, 0.717) is 5.92 Å². The van der Waals surface area contributed by atoms with Gasteiger partial charge in [-0.1, -0.05) is 61.5 Å². The largest absolute Gasteiger partial charge is 0.135 e. The maximum Gasteiger partial charge on any atom is 0.0433 e. The highest BCUT2D eigenvalue weighted by atomic mass is 32.1. The summed E-state index contributed by atoms with van der Waals surface area (Å²) in [5.41, 5.74) is 2.76. The van der Waals surface area contributed by atoms with Crippen molar-refractivity contribution in [3.63, 3.8) is 0 Å². The molecule has 0 aliphatic heterocycles. The summed E-state index contributed by atoms with van der Waals surface area (Å²) in [5, 5.41) is 2.76. The van der Waals surface area contributed by atoms with Crippen LogP contribution in [-0.4, -0.2) is 0 Å². The van der Waals surface area contributed by atoms with Crippen LogP contribution >= 0.6 is 11.3 Å². The van der Waals surface area contributed by atoms with Gasteiger partial charge >= 0.3 is 0 Å². The summed E-state index contributed by atoms with van der Waals surface area (Å²) in [6.45, 7) is 2.27. The van der Waals surface area contributed by atoms with E-state index in [2.05, 4.69) is 67.6 Å². The molecule has 0 fully saturated rings. The number of rotatable bonds is 1. The molecule has 0 N–H and O–H groups in total. The molecule has 20 heavy (non-hydrogen) atoms. The zero-order valence-electron chi connectivity index (χ0n) is 11.5. The second kappa shape index (κ2) is 4.60. The molecule has 0 saturated heterocycles. The smallest absolute Gasteiger partial charge is 0.0433 e. The van der Waals surface area contributed by atoms with Crippen molar-refractivity contribution in [1.82, 2.24) is 0 Å². The van der Waals surface area contributed by atoms with Crippen LogP contribution < -0.4 is 0 Å². The van der Waals surface area contributed by atoms with Gasteiger partial charge in [-0.2, -0.15) is 0 Å². The van der Waals surface area contributed by atoms with Crippen molar-refractivity contribution in [3.8, 4) is 0 Å². The van der Waals surface area contributed by atoms with Crippen molar-refractivity contribution in [2.24, 2.45) is 5.92 Å². The van der Waals surface area contributed by atoms with E-state index < -0.39 is 0 Å². The Hall–Kier alpha value is -1.86. The van der Waals surface area contributed by atoms with E-state index in [-0.39, 0.29) is 0 Å². The Kier molecular flexibility index (Phi) is 2.75. The van der Waals surface area contributed by atoms with Gasteiger partial charge in [0.1, 0.15) is 0 Å². The number of benzene rings is 2. The van der Waals surface area contributed by atoms with Gasteiger partial charge in [0.25, 0.3) is 0 Å². The highest BCUT2D eigenvalue weighted by Gasteiger charge is 2.12. The van der Waals surface area contributed by atoms with Crippen molar-refractivity contribution in [1.29, 1.82) is 0 Å². The average Bonchev–Trinajstić information content (AvgIpc) is 2.87. The Morgan fingerprint density at radius 1 is 1.00 bits per heavy atom. The summed E-state index contributed by atoms with van der Waals surface area (Å²) >= 11 is 1.91. The normalized spacial score (nSPS) is 18.6. The Bertz CT molecular complexity index is 848. The molecule has 0 spiro atoms. The molecule has 1 aliphatic rings. The first kappa shape index (κ1) is 11.9. The highest BCUT2D eigenvalue weighted by Crippen LogP contribution is 2.39. The molecule has 3 aromatic rings. The van der Waals surface area contributed by atoms with E-state index in [0.717, 1.165) is 6.42 Å². The molecule has 0 amide bonds. The monoisotopic (exact) mass is 276 g/mol. The molecule has 0 unspecified atom stereocenters. The number of allylic oxidation sites excluding steroid dienone is 4. The number of thiophene rings is 1. The predicted molar refractivity (Wildman–Crippen MR) is 90.2 cm³/mol. The topological polar surface area (TPSA) is 0 Å². The summed E-state index contributed by atoms with van der Waals surface area (Å²) < 4.78 is 2.79. The Balaban J connectivity index is 1.99. The van der Waals surface area contributed by atoms with Gasteiger partial charge in [-0.15, -0.1) is 11.3 Å². The number of hydrogen-bond acceptors (Lipinski definition) is 1. The SMILES string of the molecule is C[C@H]1C=CC(c2cccc3c2sc2ccccc23)=CC1. The fourth-order valence-electron chi connectivity index (χ4n) is 2.90. The van der Waals surface area contributed by atoms with Crippen LogP contribution in [0.2, 0.25) is 0 Å². The minimum absolute atomic E-state index is 0.667. The lowest BCUT2D eigenvalue weighted by molar-refractivity contribution is 0.739. The maximum atomic E-state index is 2.38. The lowest BCUT2D eigenvalue weighted by atomic mass is 9.93. The van der Waals surface area contributed by atoms with E-state index in [1.807, 2.05) is 11.3 Å². The molecule has 4 rings (SSSR count). The van der Waals surface area contributed by atoms with Gasteiger partial charge in [0.05, 0.1) is 0 Å².